The number of aliphatic hydroxyl groups excluding tert-OH is 1. The summed E-state index contributed by atoms with van der Waals surface area (Å²) < 4.78 is 5.97. The van der Waals surface area contributed by atoms with Gasteiger partial charge in [-0.1, -0.05) is 35.1 Å². The minimum Gasteiger partial charge on any atom is -0.507 e. The van der Waals surface area contributed by atoms with Gasteiger partial charge in [-0.15, -0.1) is 0 Å². The number of ketones is 1. The molecule has 1 atom stereocenters. The first kappa shape index (κ1) is 23.5. The summed E-state index contributed by atoms with van der Waals surface area (Å²) in [5, 5.41) is 23.2. The number of thiazole rings is 1. The van der Waals surface area contributed by atoms with Crippen molar-refractivity contribution >= 4 is 61.4 Å². The molecule has 0 aliphatic carbocycles. The van der Waals surface area contributed by atoms with Gasteiger partial charge in [0.05, 0.1) is 33.9 Å². The van der Waals surface area contributed by atoms with E-state index >= 15 is 0 Å². The van der Waals surface area contributed by atoms with Gasteiger partial charge in [0.1, 0.15) is 11.5 Å². The lowest BCUT2D eigenvalue weighted by atomic mass is 9.95. The van der Waals surface area contributed by atoms with Crippen molar-refractivity contribution in [2.45, 2.75) is 6.04 Å². The number of hydrogen-bond donors (Lipinski definition) is 1. The summed E-state index contributed by atoms with van der Waals surface area (Å²) in [5.74, 6) is -1.67. The van der Waals surface area contributed by atoms with Crippen LogP contribution >= 0.6 is 22.9 Å². The number of nitro groups is 1. The highest BCUT2D eigenvalue weighted by Crippen LogP contribution is 2.45. The van der Waals surface area contributed by atoms with Crippen molar-refractivity contribution in [3.63, 3.8) is 0 Å². The number of benzene rings is 3. The summed E-state index contributed by atoms with van der Waals surface area (Å²) in [6.45, 7) is 0. The van der Waals surface area contributed by atoms with Crippen LogP contribution in [0.2, 0.25) is 5.02 Å². The molecule has 9 nitrogen and oxygen atoms in total. The third kappa shape index (κ3) is 3.96. The molecule has 36 heavy (non-hydrogen) atoms. The van der Waals surface area contributed by atoms with Gasteiger partial charge in [0.2, 0.25) is 0 Å². The molecule has 0 radical (unpaired) electrons. The Balaban J connectivity index is 1.74. The molecule has 1 aromatic heterocycles. The quantitative estimate of drug-likeness (QED) is 0.121. The molecule has 3 aromatic carbocycles. The topological polar surface area (TPSA) is 123 Å². The number of carbonyl (C=O) groups excluding carboxylic acids is 2. The Hall–Kier alpha value is -4.28. The lowest BCUT2D eigenvalue weighted by molar-refractivity contribution is -0.384. The first-order chi connectivity index (χ1) is 17.3. The number of aromatic nitrogens is 1. The third-order valence-corrected chi connectivity index (χ3v) is 7.02. The van der Waals surface area contributed by atoms with Crippen LogP contribution in [0.25, 0.3) is 16.0 Å². The second-order valence-corrected chi connectivity index (χ2v) is 9.30. The van der Waals surface area contributed by atoms with Crippen molar-refractivity contribution < 1.29 is 24.4 Å². The Kier molecular flexibility index (Phi) is 5.91. The summed E-state index contributed by atoms with van der Waals surface area (Å²) in [7, 11) is 1.53. The number of nitrogens with zero attached hydrogens (tertiary/aromatic N) is 3. The second kappa shape index (κ2) is 9.06. The molecule has 11 heteroatoms. The fourth-order valence-corrected chi connectivity index (χ4v) is 5.19. The van der Waals surface area contributed by atoms with Gasteiger partial charge in [0.15, 0.2) is 5.13 Å². The van der Waals surface area contributed by atoms with Crippen molar-refractivity contribution in [3.05, 3.63) is 98.6 Å². The Morgan fingerprint density at radius 1 is 1.14 bits per heavy atom. The van der Waals surface area contributed by atoms with E-state index < -0.39 is 28.4 Å². The fourth-order valence-electron chi connectivity index (χ4n) is 4.04. The zero-order valence-electron chi connectivity index (χ0n) is 18.5. The minimum absolute atomic E-state index is 0.201. The van der Waals surface area contributed by atoms with Crippen LogP contribution in [0.1, 0.15) is 17.2 Å². The van der Waals surface area contributed by atoms with Crippen molar-refractivity contribution in [3.8, 4) is 5.75 Å². The summed E-state index contributed by atoms with van der Waals surface area (Å²) in [6, 6.07) is 15.7. The number of ether oxygens (including phenoxy) is 1. The molecule has 180 valence electrons. The number of fused-ring (bicyclic) bond motifs is 1. The van der Waals surface area contributed by atoms with E-state index in [1.54, 1.807) is 24.3 Å². The van der Waals surface area contributed by atoms with Crippen LogP contribution in [0.4, 0.5) is 10.8 Å². The van der Waals surface area contributed by atoms with Gasteiger partial charge < -0.3 is 9.84 Å². The lowest BCUT2D eigenvalue weighted by Gasteiger charge is -2.22. The van der Waals surface area contributed by atoms with E-state index in [4.69, 9.17) is 16.3 Å². The number of aliphatic hydroxyl groups is 1. The van der Waals surface area contributed by atoms with E-state index in [0.29, 0.717) is 21.0 Å². The van der Waals surface area contributed by atoms with Crippen molar-refractivity contribution in [1.82, 2.24) is 4.98 Å². The molecule has 4 aromatic rings. The number of nitro benzene ring substituents is 1. The van der Waals surface area contributed by atoms with E-state index in [-0.39, 0.29) is 27.5 Å². The van der Waals surface area contributed by atoms with Gasteiger partial charge in [-0.25, -0.2) is 4.98 Å². The minimum atomic E-state index is -1.15. The van der Waals surface area contributed by atoms with Crippen LogP contribution in [0.15, 0.2) is 72.3 Å². The van der Waals surface area contributed by atoms with E-state index in [0.717, 1.165) is 11.3 Å². The molecule has 0 bridgehead atoms. The van der Waals surface area contributed by atoms with Crippen LogP contribution in [0.3, 0.4) is 0 Å². The fraction of sp³-hybridized carbons (Fsp3) is 0.0800. The summed E-state index contributed by atoms with van der Waals surface area (Å²) in [6.07, 6.45) is 0. The van der Waals surface area contributed by atoms with Crippen LogP contribution in [0.5, 0.6) is 5.75 Å². The molecule has 5 rings (SSSR count). The van der Waals surface area contributed by atoms with Crippen molar-refractivity contribution in [2.75, 3.05) is 12.0 Å². The number of Topliss-reactive ketones (excluding diaryl/α,β-unsaturated/α-hetero) is 1. The smallest absolute Gasteiger partial charge is 0.301 e. The van der Waals surface area contributed by atoms with Gasteiger partial charge >= 0.3 is 5.91 Å². The molecule has 0 spiro atoms. The highest BCUT2D eigenvalue weighted by Gasteiger charge is 2.48. The number of halogens is 1. The van der Waals surface area contributed by atoms with E-state index in [1.165, 1.54) is 54.5 Å². The molecule has 1 fully saturated rings. The lowest BCUT2D eigenvalue weighted by Crippen LogP contribution is -2.29. The number of carbonyl (C=O) groups is 2. The molecule has 1 saturated heterocycles. The Labute approximate surface area is 213 Å². The summed E-state index contributed by atoms with van der Waals surface area (Å²) in [4.78, 5) is 43.2. The largest absolute Gasteiger partial charge is 0.507 e. The zero-order valence-corrected chi connectivity index (χ0v) is 20.1. The summed E-state index contributed by atoms with van der Waals surface area (Å²) >= 11 is 7.11. The zero-order chi connectivity index (χ0) is 25.6. The molecular formula is C25H16ClN3O6S. The van der Waals surface area contributed by atoms with E-state index in [2.05, 4.69) is 4.98 Å². The molecule has 1 N–H and O–H groups in total. The number of methoxy groups -OCH3 is 1. The van der Waals surface area contributed by atoms with Gasteiger partial charge in [0, 0.05) is 22.7 Å². The van der Waals surface area contributed by atoms with E-state index in [9.17, 15) is 24.8 Å². The van der Waals surface area contributed by atoms with Crippen molar-refractivity contribution in [2.24, 2.45) is 0 Å². The maximum atomic E-state index is 13.3. The number of amides is 1. The van der Waals surface area contributed by atoms with Gasteiger partial charge in [-0.05, 0) is 48.0 Å². The van der Waals surface area contributed by atoms with Gasteiger partial charge in [-0.3, -0.25) is 24.6 Å². The van der Waals surface area contributed by atoms with Crippen LogP contribution in [-0.4, -0.2) is 33.8 Å². The first-order valence-electron chi connectivity index (χ1n) is 10.5. The average molecular weight is 522 g/mol. The van der Waals surface area contributed by atoms with E-state index in [1.807, 2.05) is 0 Å². The monoisotopic (exact) mass is 521 g/mol. The normalized spacial score (nSPS) is 17.1. The highest BCUT2D eigenvalue weighted by atomic mass is 35.5. The van der Waals surface area contributed by atoms with Crippen molar-refractivity contribution in [1.29, 1.82) is 0 Å². The Morgan fingerprint density at radius 2 is 1.89 bits per heavy atom. The highest BCUT2D eigenvalue weighted by molar-refractivity contribution is 7.22. The standard InChI is InChI=1S/C25H16ClN3O6S/c1-35-17-9-10-18-19(12-17)36-25(27-18)28-21(14-3-2-4-16(11-14)29(33)34)20(23(31)24(28)32)22(30)13-5-7-15(26)8-6-13/h2-12,21,30H,1H3/b22-20+. The average Bonchev–Trinajstić information content (AvgIpc) is 3.41. The predicted molar refractivity (Wildman–Crippen MR) is 136 cm³/mol. The Bertz CT molecular complexity index is 1580. The van der Waals surface area contributed by atoms with Crippen LogP contribution in [-0.2, 0) is 9.59 Å². The third-order valence-electron chi connectivity index (χ3n) is 5.75. The predicted octanol–water partition coefficient (Wildman–Crippen LogP) is 5.49. The second-order valence-electron chi connectivity index (χ2n) is 7.86. The summed E-state index contributed by atoms with van der Waals surface area (Å²) in [5.41, 5.74) is 0.684. The van der Waals surface area contributed by atoms with Crippen LogP contribution in [0, 0.1) is 10.1 Å². The molecule has 1 aliphatic rings. The molecular weight excluding hydrogens is 506 g/mol. The number of rotatable bonds is 5. The number of non-ortho nitro benzene ring substituents is 1. The first-order valence-corrected chi connectivity index (χ1v) is 11.7. The number of hydrogen-bond acceptors (Lipinski definition) is 8. The molecule has 0 saturated carbocycles. The maximum Gasteiger partial charge on any atom is 0.301 e. The van der Waals surface area contributed by atoms with Gasteiger partial charge in [0.25, 0.3) is 11.5 Å². The molecule has 1 unspecified atom stereocenters. The number of anilines is 1. The molecule has 1 amide bonds. The maximum absolute atomic E-state index is 13.3. The Morgan fingerprint density at radius 3 is 2.58 bits per heavy atom. The SMILES string of the molecule is COc1ccc2nc(N3C(=O)C(=O)/C(=C(/O)c4ccc(Cl)cc4)C3c3cccc([N+](=O)[O-])c3)sc2c1. The van der Waals surface area contributed by atoms with Gasteiger partial charge in [-0.2, -0.15) is 0 Å². The van der Waals surface area contributed by atoms with Crippen LogP contribution < -0.4 is 9.64 Å². The molecule has 1 aliphatic heterocycles. The molecule has 2 heterocycles.